The van der Waals surface area contributed by atoms with E-state index >= 15 is 0 Å². The summed E-state index contributed by atoms with van der Waals surface area (Å²) in [4.78, 5) is 25.0. The molecule has 6 heteroatoms. The van der Waals surface area contributed by atoms with Crippen molar-refractivity contribution >= 4 is 17.5 Å². The molecule has 1 aliphatic heterocycles. The zero-order chi connectivity index (χ0) is 15.6. The smallest absolute Gasteiger partial charge is 0.254 e. The number of carbonyl (C=O) groups is 2. The van der Waals surface area contributed by atoms with Crippen molar-refractivity contribution in [2.24, 2.45) is 5.92 Å². The van der Waals surface area contributed by atoms with Crippen LogP contribution in [0.15, 0.2) is 18.2 Å². The summed E-state index contributed by atoms with van der Waals surface area (Å²) in [6.07, 6.45) is -0.181. The van der Waals surface area contributed by atoms with Crippen LogP contribution >= 0.6 is 0 Å². The summed E-state index contributed by atoms with van der Waals surface area (Å²) in [6, 6.07) is 3.97. The molecular formula is C15H19FN2O3. The molecule has 1 aromatic rings. The second-order valence-electron chi connectivity index (χ2n) is 5.70. The number of aliphatic hydroxyl groups is 1. The molecule has 1 aromatic carbocycles. The zero-order valence-corrected chi connectivity index (χ0v) is 12.1. The van der Waals surface area contributed by atoms with E-state index in [0.717, 1.165) is 6.07 Å². The van der Waals surface area contributed by atoms with Crippen molar-refractivity contribution in [1.82, 2.24) is 4.90 Å². The first-order valence-corrected chi connectivity index (χ1v) is 6.93. The summed E-state index contributed by atoms with van der Waals surface area (Å²) in [7, 11) is 0. The maximum atomic E-state index is 13.9. The van der Waals surface area contributed by atoms with Crippen LogP contribution in [0.4, 0.5) is 10.1 Å². The van der Waals surface area contributed by atoms with Gasteiger partial charge in [-0.2, -0.15) is 0 Å². The minimum absolute atomic E-state index is 0.0702. The maximum Gasteiger partial charge on any atom is 0.254 e. The van der Waals surface area contributed by atoms with Crippen LogP contribution in [0.3, 0.4) is 0 Å². The van der Waals surface area contributed by atoms with Gasteiger partial charge in [-0.15, -0.1) is 0 Å². The van der Waals surface area contributed by atoms with Gasteiger partial charge in [-0.3, -0.25) is 9.59 Å². The second kappa shape index (κ2) is 6.22. The summed E-state index contributed by atoms with van der Waals surface area (Å²) in [5, 5.41) is 11.7. The fourth-order valence-electron chi connectivity index (χ4n) is 2.13. The van der Waals surface area contributed by atoms with Crippen molar-refractivity contribution in [2.75, 3.05) is 18.4 Å². The lowest BCUT2D eigenvalue weighted by Gasteiger charge is -2.35. The number of hydrogen-bond donors (Lipinski definition) is 2. The first-order valence-electron chi connectivity index (χ1n) is 6.93. The van der Waals surface area contributed by atoms with Gasteiger partial charge >= 0.3 is 0 Å². The number of anilines is 1. The van der Waals surface area contributed by atoms with Crippen LogP contribution in [-0.4, -0.2) is 41.0 Å². The number of aliphatic hydroxyl groups excluding tert-OH is 1. The highest BCUT2D eigenvalue weighted by molar-refractivity contribution is 5.96. The normalized spacial score (nSPS) is 15.0. The molecule has 0 radical (unpaired) electrons. The molecule has 2 amide bonds. The van der Waals surface area contributed by atoms with Crippen molar-refractivity contribution in [3.8, 4) is 0 Å². The number of benzene rings is 1. The fourth-order valence-corrected chi connectivity index (χ4v) is 2.13. The molecule has 0 bridgehead atoms. The van der Waals surface area contributed by atoms with E-state index in [4.69, 9.17) is 5.11 Å². The molecule has 0 atom stereocenters. The van der Waals surface area contributed by atoms with E-state index in [0.29, 0.717) is 6.42 Å². The molecular weight excluding hydrogens is 275 g/mol. The summed E-state index contributed by atoms with van der Waals surface area (Å²) in [5.74, 6) is -1.03. The Morgan fingerprint density at radius 1 is 1.43 bits per heavy atom. The van der Waals surface area contributed by atoms with E-state index in [-0.39, 0.29) is 42.1 Å². The van der Waals surface area contributed by atoms with Gasteiger partial charge in [0.05, 0.1) is 11.8 Å². The average molecular weight is 294 g/mol. The molecule has 1 saturated heterocycles. The van der Waals surface area contributed by atoms with Crippen LogP contribution in [0.25, 0.3) is 0 Å². The second-order valence-corrected chi connectivity index (χ2v) is 5.70. The number of amides is 2. The monoisotopic (exact) mass is 294 g/mol. The molecule has 2 rings (SSSR count). The maximum absolute atomic E-state index is 13.9. The van der Waals surface area contributed by atoms with Gasteiger partial charge in [0.1, 0.15) is 5.82 Å². The van der Waals surface area contributed by atoms with Gasteiger partial charge in [-0.05, 0) is 24.1 Å². The lowest BCUT2D eigenvalue weighted by molar-refractivity contribution is -0.116. The van der Waals surface area contributed by atoms with Gasteiger partial charge in [0.15, 0.2) is 0 Å². The number of likely N-dealkylation sites (tertiary alicyclic amines) is 1. The molecule has 21 heavy (non-hydrogen) atoms. The number of rotatable bonds is 4. The average Bonchev–Trinajstić information content (AvgIpc) is 2.35. The quantitative estimate of drug-likeness (QED) is 0.886. The van der Waals surface area contributed by atoms with E-state index in [1.54, 1.807) is 0 Å². The molecule has 1 aliphatic rings. The highest BCUT2D eigenvalue weighted by atomic mass is 19.1. The summed E-state index contributed by atoms with van der Waals surface area (Å²) in [6.45, 7) is 4.35. The Kier molecular flexibility index (Phi) is 4.57. The Morgan fingerprint density at radius 3 is 2.62 bits per heavy atom. The topological polar surface area (TPSA) is 69.6 Å². The lowest BCUT2D eigenvalue weighted by atomic mass is 10.1. The Morgan fingerprint density at radius 2 is 2.10 bits per heavy atom. The highest BCUT2D eigenvalue weighted by Crippen LogP contribution is 2.19. The van der Waals surface area contributed by atoms with Crippen molar-refractivity contribution < 1.29 is 19.1 Å². The Hall–Kier alpha value is -1.95. The van der Waals surface area contributed by atoms with Crippen LogP contribution in [0.5, 0.6) is 0 Å². The van der Waals surface area contributed by atoms with Gasteiger partial charge in [-0.1, -0.05) is 13.8 Å². The van der Waals surface area contributed by atoms with Crippen molar-refractivity contribution in [2.45, 2.75) is 26.4 Å². The first kappa shape index (κ1) is 15.4. The third kappa shape index (κ3) is 3.78. The molecule has 0 unspecified atom stereocenters. The predicted octanol–water partition coefficient (Wildman–Crippen LogP) is 1.63. The van der Waals surface area contributed by atoms with E-state index in [9.17, 15) is 14.0 Å². The number of nitrogens with zero attached hydrogens (tertiary/aromatic N) is 1. The number of halogens is 1. The van der Waals surface area contributed by atoms with Crippen molar-refractivity contribution in [3.05, 3.63) is 29.6 Å². The van der Waals surface area contributed by atoms with Crippen LogP contribution in [0.2, 0.25) is 0 Å². The lowest BCUT2D eigenvalue weighted by Crippen LogP contribution is -2.53. The predicted molar refractivity (Wildman–Crippen MR) is 76.4 cm³/mol. The van der Waals surface area contributed by atoms with Crippen LogP contribution in [0, 0.1) is 11.7 Å². The number of carbonyl (C=O) groups excluding carboxylic acids is 2. The standard InChI is InChI=1S/C15H19FN2O3/c1-9(2)5-14(20)17-13-4-3-10(6-12(13)16)15(21)18-7-11(19)8-18/h3-4,6,9,11,19H,5,7-8H2,1-2H3,(H,17,20). The SMILES string of the molecule is CC(C)CC(=O)Nc1ccc(C(=O)N2CC(O)C2)cc1F. The third-order valence-corrected chi connectivity index (χ3v) is 3.23. The number of nitrogens with one attached hydrogen (secondary N) is 1. The summed E-state index contributed by atoms with van der Waals surface area (Å²) in [5.41, 5.74) is 0.280. The van der Waals surface area contributed by atoms with E-state index in [2.05, 4.69) is 5.32 Å². The van der Waals surface area contributed by atoms with Gasteiger partial charge in [-0.25, -0.2) is 4.39 Å². The molecule has 0 spiro atoms. The molecule has 5 nitrogen and oxygen atoms in total. The minimum Gasteiger partial charge on any atom is -0.389 e. The molecule has 0 saturated carbocycles. The zero-order valence-electron chi connectivity index (χ0n) is 12.1. The Bertz CT molecular complexity index is 554. The summed E-state index contributed by atoms with van der Waals surface area (Å²) >= 11 is 0. The first-order chi connectivity index (χ1) is 9.86. The molecule has 1 heterocycles. The minimum atomic E-state index is -0.640. The van der Waals surface area contributed by atoms with E-state index in [1.807, 2.05) is 13.8 Å². The fraction of sp³-hybridized carbons (Fsp3) is 0.467. The molecule has 0 aromatic heterocycles. The van der Waals surface area contributed by atoms with Crippen LogP contribution < -0.4 is 5.32 Å². The van der Waals surface area contributed by atoms with Crippen molar-refractivity contribution in [1.29, 1.82) is 0 Å². The summed E-state index contributed by atoms with van der Waals surface area (Å²) < 4.78 is 13.9. The molecule has 0 aliphatic carbocycles. The van der Waals surface area contributed by atoms with Gasteiger partial charge < -0.3 is 15.3 Å². The van der Waals surface area contributed by atoms with E-state index < -0.39 is 11.9 Å². The largest absolute Gasteiger partial charge is 0.389 e. The highest BCUT2D eigenvalue weighted by Gasteiger charge is 2.29. The van der Waals surface area contributed by atoms with Gasteiger partial charge in [0, 0.05) is 25.1 Å². The third-order valence-electron chi connectivity index (χ3n) is 3.23. The van der Waals surface area contributed by atoms with Gasteiger partial charge in [0.25, 0.3) is 5.91 Å². The number of hydrogen-bond acceptors (Lipinski definition) is 3. The molecule has 2 N–H and O–H groups in total. The van der Waals surface area contributed by atoms with Gasteiger partial charge in [0.2, 0.25) is 5.91 Å². The molecule has 1 fully saturated rings. The number of β-amino-alcohol motifs (C(OH)–C–C–N with tert-alkyl or cyclic N) is 1. The molecule has 114 valence electrons. The Balaban J connectivity index is 2.03. The van der Waals surface area contributed by atoms with E-state index in [1.165, 1.54) is 17.0 Å². The van der Waals surface area contributed by atoms with Crippen LogP contribution in [-0.2, 0) is 4.79 Å². The van der Waals surface area contributed by atoms with Crippen LogP contribution in [0.1, 0.15) is 30.6 Å². The Labute approximate surface area is 122 Å². The van der Waals surface area contributed by atoms with Crippen molar-refractivity contribution in [3.63, 3.8) is 0 Å².